The molecule has 1 unspecified atom stereocenters. The van der Waals surface area contributed by atoms with Gasteiger partial charge in [0.15, 0.2) is 5.76 Å². The number of hydrogen-bond donors (Lipinski definition) is 2. The molecule has 0 rings (SSSR count). The zero-order chi connectivity index (χ0) is 14.1. The molecule has 0 bridgehead atoms. The Balaban J connectivity index is 5.45. The molecule has 0 radical (unpaired) electrons. The summed E-state index contributed by atoms with van der Waals surface area (Å²) in [6.45, 7) is -2.25. The van der Waals surface area contributed by atoms with Gasteiger partial charge in [0.05, 0.1) is 0 Å². The van der Waals surface area contributed by atoms with Gasteiger partial charge in [0, 0.05) is 11.0 Å². The van der Waals surface area contributed by atoms with Crippen molar-refractivity contribution in [2.75, 3.05) is 6.54 Å². The van der Waals surface area contributed by atoms with Gasteiger partial charge in [0.1, 0.15) is 0 Å². The molecule has 2 N–H and O–H groups in total. The molecule has 0 aliphatic rings. The summed E-state index contributed by atoms with van der Waals surface area (Å²) in [7, 11) is 0. The average Bonchev–Trinajstić information content (AvgIpc) is 1.97. The number of hydrogen-bond acceptors (Lipinski definition) is 4. The number of nitrogens with zero attached hydrogens (tertiary/aromatic N) is 1. The zero-order valence-electron chi connectivity index (χ0n) is 7.71. The summed E-state index contributed by atoms with van der Waals surface area (Å²) in [5.74, 6) is -2.76. The van der Waals surface area contributed by atoms with Crippen molar-refractivity contribution in [2.45, 2.75) is 18.0 Å². The van der Waals surface area contributed by atoms with Crippen LogP contribution in [0.1, 0.15) is 0 Å². The molecule has 100 valence electrons. The summed E-state index contributed by atoms with van der Waals surface area (Å²) in [6.07, 6.45) is -12.3. The van der Waals surface area contributed by atoms with E-state index in [-0.39, 0.29) is 0 Å². The van der Waals surface area contributed by atoms with E-state index in [4.69, 9.17) is 10.2 Å². The number of halogens is 6. The molecule has 0 saturated heterocycles. The largest absolute Gasteiger partial charge is 0.504 e. The first-order valence-corrected chi connectivity index (χ1v) is 3.69. The quantitative estimate of drug-likeness (QED) is 0.352. The van der Waals surface area contributed by atoms with Crippen LogP contribution < -0.4 is 0 Å². The summed E-state index contributed by atoms with van der Waals surface area (Å²) in [6, 6.07) is 0. The Morgan fingerprint density at radius 3 is 1.88 bits per heavy atom. The average molecular weight is 269 g/mol. The molecule has 11 heteroatoms. The van der Waals surface area contributed by atoms with Crippen LogP contribution >= 0.6 is 0 Å². The predicted molar refractivity (Wildman–Crippen MR) is 39.6 cm³/mol. The third-order valence-corrected chi connectivity index (χ3v) is 1.53. The first-order valence-electron chi connectivity index (χ1n) is 3.69. The lowest BCUT2D eigenvalue weighted by Crippen LogP contribution is -2.49. The van der Waals surface area contributed by atoms with Gasteiger partial charge in [-0.1, -0.05) is 0 Å². The van der Waals surface area contributed by atoms with Gasteiger partial charge in [-0.05, 0) is 0 Å². The standard InChI is InChI=1S/C6H5F6NO4/c7-5(8,9)3(14)1-4(15,2-13(16)17)6(10,11)12/h1,14-15H,2H2/b3-1-. The number of aliphatic hydroxyl groups excluding tert-OH is 1. The van der Waals surface area contributed by atoms with Gasteiger partial charge in [-0.25, -0.2) is 0 Å². The zero-order valence-corrected chi connectivity index (χ0v) is 7.71. The van der Waals surface area contributed by atoms with Crippen molar-refractivity contribution in [1.29, 1.82) is 0 Å². The second-order valence-electron chi connectivity index (χ2n) is 2.94. The third kappa shape index (κ3) is 4.09. The van der Waals surface area contributed by atoms with E-state index in [9.17, 15) is 36.5 Å². The Hall–Kier alpha value is -1.52. The molecule has 0 aliphatic heterocycles. The highest BCUT2D eigenvalue weighted by molar-refractivity contribution is 5.12. The lowest BCUT2D eigenvalue weighted by atomic mass is 10.0. The Morgan fingerprint density at radius 2 is 1.65 bits per heavy atom. The summed E-state index contributed by atoms with van der Waals surface area (Å²) in [5.41, 5.74) is -4.39. The minimum atomic E-state index is -5.74. The molecule has 0 aromatic rings. The molecule has 1 atom stereocenters. The smallest absolute Gasteiger partial charge is 0.448 e. The van der Waals surface area contributed by atoms with E-state index in [1.54, 1.807) is 0 Å². The molecule has 0 saturated carbocycles. The monoisotopic (exact) mass is 269 g/mol. The molecular formula is C6H5F6NO4. The van der Waals surface area contributed by atoms with Crippen LogP contribution in [0.3, 0.4) is 0 Å². The van der Waals surface area contributed by atoms with E-state index in [1.807, 2.05) is 0 Å². The van der Waals surface area contributed by atoms with Gasteiger partial charge >= 0.3 is 12.4 Å². The number of alkyl halides is 6. The van der Waals surface area contributed by atoms with Crippen LogP contribution in [0.5, 0.6) is 0 Å². The number of rotatable bonds is 3. The van der Waals surface area contributed by atoms with Crippen LogP contribution in [0, 0.1) is 10.1 Å². The van der Waals surface area contributed by atoms with E-state index in [0.29, 0.717) is 0 Å². The molecular weight excluding hydrogens is 264 g/mol. The SMILES string of the molecule is O=[N+]([O-])CC(O)(/C=C(\O)C(F)(F)F)C(F)(F)F. The molecule has 17 heavy (non-hydrogen) atoms. The maximum absolute atomic E-state index is 12.1. The fourth-order valence-corrected chi connectivity index (χ4v) is 0.722. The van der Waals surface area contributed by atoms with Crippen LogP contribution in [0.25, 0.3) is 0 Å². The van der Waals surface area contributed by atoms with E-state index >= 15 is 0 Å². The summed E-state index contributed by atoms with van der Waals surface area (Å²) in [4.78, 5) is 8.19. The van der Waals surface area contributed by atoms with Crippen molar-refractivity contribution in [3.63, 3.8) is 0 Å². The Morgan fingerprint density at radius 1 is 1.24 bits per heavy atom. The van der Waals surface area contributed by atoms with E-state index in [0.717, 1.165) is 0 Å². The van der Waals surface area contributed by atoms with Gasteiger partial charge in [-0.2, -0.15) is 26.3 Å². The first kappa shape index (κ1) is 15.5. The van der Waals surface area contributed by atoms with Crippen LogP contribution in [0.15, 0.2) is 11.8 Å². The lowest BCUT2D eigenvalue weighted by Gasteiger charge is -2.23. The summed E-state index contributed by atoms with van der Waals surface area (Å²) in [5, 5.41) is 26.8. The lowest BCUT2D eigenvalue weighted by molar-refractivity contribution is -0.510. The summed E-state index contributed by atoms with van der Waals surface area (Å²) < 4.78 is 71.6. The topological polar surface area (TPSA) is 83.6 Å². The maximum atomic E-state index is 12.1. The molecule has 0 spiro atoms. The van der Waals surface area contributed by atoms with Gasteiger partial charge in [-0.15, -0.1) is 0 Å². The maximum Gasteiger partial charge on any atom is 0.448 e. The highest BCUT2D eigenvalue weighted by Gasteiger charge is 2.58. The van der Waals surface area contributed by atoms with Gasteiger partial charge < -0.3 is 10.2 Å². The predicted octanol–water partition coefficient (Wildman–Crippen LogP) is 1.56. The fourth-order valence-electron chi connectivity index (χ4n) is 0.722. The van der Waals surface area contributed by atoms with Crippen LogP contribution in [0.2, 0.25) is 0 Å². The first-order chi connectivity index (χ1) is 7.29. The van der Waals surface area contributed by atoms with Crippen molar-refractivity contribution < 1.29 is 41.5 Å². The number of nitro groups is 1. The number of allylic oxidation sites excluding steroid dienone is 1. The van der Waals surface area contributed by atoms with Gasteiger partial charge in [-0.3, -0.25) is 10.1 Å². The van der Waals surface area contributed by atoms with Crippen LogP contribution in [-0.2, 0) is 0 Å². The third-order valence-electron chi connectivity index (χ3n) is 1.53. The Bertz CT molecular complexity index is 334. The van der Waals surface area contributed by atoms with Gasteiger partial charge in [0.2, 0.25) is 12.1 Å². The van der Waals surface area contributed by atoms with Crippen molar-refractivity contribution in [2.24, 2.45) is 0 Å². The Kier molecular flexibility index (Phi) is 4.00. The van der Waals surface area contributed by atoms with Crippen molar-refractivity contribution in [3.05, 3.63) is 21.9 Å². The van der Waals surface area contributed by atoms with E-state index in [2.05, 4.69) is 0 Å². The molecule has 0 aromatic carbocycles. The second-order valence-corrected chi connectivity index (χ2v) is 2.94. The van der Waals surface area contributed by atoms with E-state index in [1.165, 1.54) is 0 Å². The van der Waals surface area contributed by atoms with Crippen LogP contribution in [-0.4, -0.2) is 39.6 Å². The van der Waals surface area contributed by atoms with Crippen molar-refractivity contribution in [3.8, 4) is 0 Å². The molecule has 0 amide bonds. The highest BCUT2D eigenvalue weighted by atomic mass is 19.4. The van der Waals surface area contributed by atoms with Crippen molar-refractivity contribution >= 4 is 0 Å². The molecule has 0 aromatic heterocycles. The molecule has 0 heterocycles. The molecule has 5 nitrogen and oxygen atoms in total. The van der Waals surface area contributed by atoms with Crippen molar-refractivity contribution in [1.82, 2.24) is 0 Å². The van der Waals surface area contributed by atoms with Crippen LogP contribution in [0.4, 0.5) is 26.3 Å². The Labute approximate surface area is 89.1 Å². The minimum absolute atomic E-state index is 1.05. The second kappa shape index (κ2) is 4.39. The van der Waals surface area contributed by atoms with E-state index < -0.39 is 41.3 Å². The molecule has 0 aliphatic carbocycles. The normalized spacial score (nSPS) is 17.7. The molecule has 0 fully saturated rings. The minimum Gasteiger partial charge on any atom is -0.504 e. The highest BCUT2D eigenvalue weighted by Crippen LogP contribution is 2.35. The summed E-state index contributed by atoms with van der Waals surface area (Å²) >= 11 is 0. The fraction of sp³-hybridized carbons (Fsp3) is 0.667. The number of aliphatic hydroxyl groups is 2. The van der Waals surface area contributed by atoms with Gasteiger partial charge in [0.25, 0.3) is 0 Å².